The first-order valence-corrected chi connectivity index (χ1v) is 11.0. The Balaban J connectivity index is 2.39. The fourth-order valence-corrected chi connectivity index (χ4v) is 4.02. The zero-order valence-corrected chi connectivity index (χ0v) is 18.6. The molecule has 1 aliphatic heterocycles. The van der Waals surface area contributed by atoms with Crippen molar-refractivity contribution in [2.45, 2.75) is 94.4 Å². The van der Waals surface area contributed by atoms with Crippen LogP contribution in [0.5, 0.6) is 0 Å². The van der Waals surface area contributed by atoms with E-state index in [9.17, 15) is 26.3 Å². The molecule has 1 heterocycles. The molecule has 1 saturated carbocycles. The Morgan fingerprint density at radius 2 is 1.33 bits per heavy atom. The lowest BCUT2D eigenvalue weighted by molar-refractivity contribution is -0.304. The van der Waals surface area contributed by atoms with Gasteiger partial charge in [-0.05, 0) is 24.4 Å². The van der Waals surface area contributed by atoms with Gasteiger partial charge in [0.15, 0.2) is 0 Å². The molecule has 0 aromatic heterocycles. The van der Waals surface area contributed by atoms with E-state index in [4.69, 9.17) is 23.4 Å². The van der Waals surface area contributed by atoms with Crippen LogP contribution in [0.4, 0.5) is 26.3 Å². The molecular weight excluding hydrogens is 484 g/mol. The Labute approximate surface area is 192 Å². The average molecular weight is 512 g/mol. The standard InChI is InChI=1S/C18H28ClF6N5O3/c19-18(32-26)29-15(31-14(16(20,21)22)17(23,24)25)28-13(30(18)33-27)12-10-8-6-4-2-1-3-5-7-9-11-12/h12,14H,1-11,26-27H2. The Hall–Kier alpha value is -1.35. The molecule has 0 saturated heterocycles. The van der Waals surface area contributed by atoms with Crippen molar-refractivity contribution in [3.63, 3.8) is 0 Å². The minimum absolute atomic E-state index is 0.178. The molecule has 192 valence electrons. The first-order chi connectivity index (χ1) is 15.4. The third-order valence-corrected chi connectivity index (χ3v) is 5.77. The summed E-state index contributed by atoms with van der Waals surface area (Å²) in [4.78, 5) is 16.3. The summed E-state index contributed by atoms with van der Waals surface area (Å²) in [6, 6.07) is -1.30. The zero-order chi connectivity index (χ0) is 24.7. The van der Waals surface area contributed by atoms with Crippen LogP contribution in [-0.4, -0.2) is 40.7 Å². The molecule has 1 fully saturated rings. The molecule has 15 heteroatoms. The molecule has 8 nitrogen and oxygen atoms in total. The van der Waals surface area contributed by atoms with Crippen molar-refractivity contribution in [2.24, 2.45) is 27.7 Å². The zero-order valence-electron chi connectivity index (χ0n) is 17.8. The van der Waals surface area contributed by atoms with Gasteiger partial charge in [-0.1, -0.05) is 57.8 Å². The maximum absolute atomic E-state index is 13.0. The molecule has 1 unspecified atom stereocenters. The second-order valence-corrected chi connectivity index (χ2v) is 8.44. The van der Waals surface area contributed by atoms with E-state index >= 15 is 0 Å². The van der Waals surface area contributed by atoms with Gasteiger partial charge in [-0.2, -0.15) is 52.2 Å². The molecule has 1 aliphatic carbocycles. The quantitative estimate of drug-likeness (QED) is 0.237. The highest BCUT2D eigenvalue weighted by Crippen LogP contribution is 2.38. The number of nitrogens with zero attached hydrogens (tertiary/aromatic N) is 3. The van der Waals surface area contributed by atoms with Crippen molar-refractivity contribution >= 4 is 23.5 Å². The summed E-state index contributed by atoms with van der Waals surface area (Å²) in [7, 11) is 0. The van der Waals surface area contributed by atoms with Crippen LogP contribution in [0.2, 0.25) is 0 Å². The van der Waals surface area contributed by atoms with Crippen LogP contribution in [0, 0.1) is 5.92 Å². The normalized spacial score (nSPS) is 25.2. The molecular formula is C18H28ClF6N5O3. The number of amidine groups is 2. The highest BCUT2D eigenvalue weighted by molar-refractivity contribution is 6.24. The summed E-state index contributed by atoms with van der Waals surface area (Å²) in [5, 5.41) is -2.00. The molecule has 1 atom stereocenters. The molecule has 0 spiro atoms. The maximum atomic E-state index is 13.0. The van der Waals surface area contributed by atoms with Crippen molar-refractivity contribution < 1.29 is 40.9 Å². The number of aliphatic imine (C=N–C) groups is 2. The molecule has 2 aliphatic rings. The molecule has 0 amide bonds. The van der Waals surface area contributed by atoms with Gasteiger partial charge in [0.1, 0.15) is 5.84 Å². The van der Waals surface area contributed by atoms with Gasteiger partial charge in [0.25, 0.3) is 6.10 Å². The van der Waals surface area contributed by atoms with Crippen molar-refractivity contribution in [2.75, 3.05) is 0 Å². The van der Waals surface area contributed by atoms with Crippen molar-refractivity contribution in [1.29, 1.82) is 0 Å². The van der Waals surface area contributed by atoms with Gasteiger partial charge in [0.2, 0.25) is 0 Å². The van der Waals surface area contributed by atoms with Crippen LogP contribution in [0.3, 0.4) is 0 Å². The van der Waals surface area contributed by atoms with E-state index in [1.54, 1.807) is 0 Å². The van der Waals surface area contributed by atoms with Crippen LogP contribution in [-0.2, 0) is 14.5 Å². The predicted molar refractivity (Wildman–Crippen MR) is 107 cm³/mol. The Bertz CT molecular complexity index is 667. The van der Waals surface area contributed by atoms with Crippen molar-refractivity contribution in [3.05, 3.63) is 0 Å². The van der Waals surface area contributed by atoms with Crippen LogP contribution >= 0.6 is 11.6 Å². The smallest absolute Gasteiger partial charge is 0.434 e. The monoisotopic (exact) mass is 511 g/mol. The first kappa shape index (κ1) is 27.9. The molecule has 33 heavy (non-hydrogen) atoms. The van der Waals surface area contributed by atoms with Gasteiger partial charge in [0, 0.05) is 5.92 Å². The lowest BCUT2D eigenvalue weighted by Crippen LogP contribution is -2.56. The highest BCUT2D eigenvalue weighted by atomic mass is 35.5. The molecule has 4 N–H and O–H groups in total. The van der Waals surface area contributed by atoms with Gasteiger partial charge in [-0.25, -0.2) is 10.7 Å². The SMILES string of the molecule is NON1C(C2CCCCCCCCCCC2)=NC(OC(C(F)(F)F)C(F)(F)F)=NC1(Cl)ON. The van der Waals surface area contributed by atoms with E-state index in [1.165, 1.54) is 0 Å². The molecule has 0 radical (unpaired) electrons. The number of halogens is 7. The number of alkyl halides is 7. The van der Waals surface area contributed by atoms with Crippen molar-refractivity contribution in [3.8, 4) is 0 Å². The summed E-state index contributed by atoms with van der Waals surface area (Å²) >= 11 is 6.09. The van der Waals surface area contributed by atoms with E-state index in [2.05, 4.69) is 24.5 Å². The average Bonchev–Trinajstić information content (AvgIpc) is 2.70. The number of hydrogen-bond acceptors (Lipinski definition) is 8. The summed E-state index contributed by atoms with van der Waals surface area (Å²) < 4.78 is 82.1. The minimum Gasteiger partial charge on any atom is -0.441 e. The Morgan fingerprint density at radius 1 is 0.879 bits per heavy atom. The third kappa shape index (κ3) is 7.84. The van der Waals surface area contributed by atoms with Gasteiger partial charge in [-0.15, -0.1) is 0 Å². The second kappa shape index (κ2) is 11.9. The molecule has 0 aromatic carbocycles. The summed E-state index contributed by atoms with van der Waals surface area (Å²) in [6.07, 6.45) is -6.12. The minimum atomic E-state index is -5.79. The first-order valence-electron chi connectivity index (χ1n) is 10.6. The summed E-state index contributed by atoms with van der Waals surface area (Å²) in [6.45, 7) is 0. The maximum Gasteiger partial charge on any atom is 0.434 e. The Morgan fingerprint density at radius 3 is 1.73 bits per heavy atom. The topological polar surface area (TPSA) is 108 Å². The number of ether oxygens (including phenoxy) is 1. The number of nitrogens with two attached hydrogens (primary N) is 2. The fourth-order valence-electron chi connectivity index (χ4n) is 3.82. The van der Waals surface area contributed by atoms with E-state index in [1.807, 2.05) is 0 Å². The van der Waals surface area contributed by atoms with Gasteiger partial charge in [-0.3, -0.25) is 0 Å². The van der Waals surface area contributed by atoms with Crippen LogP contribution in [0.25, 0.3) is 0 Å². The number of hydroxylamine groups is 2. The van der Waals surface area contributed by atoms with Crippen LogP contribution < -0.4 is 11.8 Å². The van der Waals surface area contributed by atoms with Gasteiger partial charge in [0.05, 0.1) is 0 Å². The van der Waals surface area contributed by atoms with Gasteiger partial charge >= 0.3 is 23.7 Å². The van der Waals surface area contributed by atoms with E-state index in [0.29, 0.717) is 17.9 Å². The van der Waals surface area contributed by atoms with E-state index < -0.39 is 35.7 Å². The van der Waals surface area contributed by atoms with E-state index in [-0.39, 0.29) is 5.84 Å². The number of rotatable bonds is 4. The highest BCUT2D eigenvalue weighted by Gasteiger charge is 2.60. The van der Waals surface area contributed by atoms with Crippen LogP contribution in [0.15, 0.2) is 9.98 Å². The lowest BCUT2D eigenvalue weighted by Gasteiger charge is -2.38. The molecule has 2 rings (SSSR count). The van der Waals surface area contributed by atoms with Crippen molar-refractivity contribution in [1.82, 2.24) is 5.06 Å². The Kier molecular flexibility index (Phi) is 10.0. The van der Waals surface area contributed by atoms with Crippen LogP contribution in [0.1, 0.15) is 70.6 Å². The lowest BCUT2D eigenvalue weighted by atomic mass is 9.91. The molecule has 0 aromatic rings. The summed E-state index contributed by atoms with van der Waals surface area (Å²) in [5.41, 5.74) is 0. The second-order valence-electron chi connectivity index (χ2n) is 7.95. The van der Waals surface area contributed by atoms with Gasteiger partial charge < -0.3 is 4.74 Å². The third-order valence-electron chi connectivity index (χ3n) is 5.45. The number of hydrogen-bond donors (Lipinski definition) is 2. The fraction of sp³-hybridized carbons (Fsp3) is 0.889. The predicted octanol–water partition coefficient (Wildman–Crippen LogP) is 5.03. The molecule has 0 bridgehead atoms. The largest absolute Gasteiger partial charge is 0.441 e. The summed E-state index contributed by atoms with van der Waals surface area (Å²) in [5.74, 6) is 9.73. The van der Waals surface area contributed by atoms with E-state index in [0.717, 1.165) is 57.8 Å².